The quantitative estimate of drug-likeness (QED) is 0.797. The minimum absolute atomic E-state index is 0.0363. The van der Waals surface area contributed by atoms with Crippen molar-refractivity contribution in [3.8, 4) is 5.75 Å². The number of hydrogen-bond donors (Lipinski definition) is 1. The van der Waals surface area contributed by atoms with Crippen LogP contribution in [-0.2, 0) is 0 Å². The van der Waals surface area contributed by atoms with Crippen LogP contribution >= 0.6 is 0 Å². The molecule has 0 fully saturated rings. The largest absolute Gasteiger partial charge is 0.493 e. The van der Waals surface area contributed by atoms with Crippen LogP contribution in [0.25, 0.3) is 0 Å². The summed E-state index contributed by atoms with van der Waals surface area (Å²) in [5.74, 6) is 0.560. The molecule has 0 aromatic heterocycles. The molecule has 1 aromatic carbocycles. The zero-order chi connectivity index (χ0) is 12.8. The Morgan fingerprint density at radius 1 is 1.29 bits per heavy atom. The summed E-state index contributed by atoms with van der Waals surface area (Å²) in [6.45, 7) is 7.68. The number of benzene rings is 1. The van der Waals surface area contributed by atoms with Gasteiger partial charge in [0.05, 0.1) is 12.2 Å². The molecule has 0 saturated carbocycles. The van der Waals surface area contributed by atoms with Crippen molar-refractivity contribution in [2.75, 3.05) is 25.4 Å². The van der Waals surface area contributed by atoms with Gasteiger partial charge >= 0.3 is 0 Å². The van der Waals surface area contributed by atoms with E-state index in [4.69, 9.17) is 10.5 Å². The topological polar surface area (TPSA) is 55.6 Å². The summed E-state index contributed by atoms with van der Waals surface area (Å²) in [6.07, 6.45) is 0. The average Bonchev–Trinajstić information content (AvgIpc) is 2.33. The summed E-state index contributed by atoms with van der Waals surface area (Å²) in [6, 6.07) is 5.16. The van der Waals surface area contributed by atoms with Gasteiger partial charge in [-0.25, -0.2) is 0 Å². The maximum atomic E-state index is 12.2. The van der Waals surface area contributed by atoms with Crippen molar-refractivity contribution in [1.29, 1.82) is 0 Å². The van der Waals surface area contributed by atoms with Crippen LogP contribution in [0, 0.1) is 0 Å². The lowest BCUT2D eigenvalue weighted by Gasteiger charge is -2.20. The second-order valence-electron chi connectivity index (χ2n) is 3.67. The summed E-state index contributed by atoms with van der Waals surface area (Å²) in [7, 11) is 0. The molecule has 0 spiro atoms. The summed E-state index contributed by atoms with van der Waals surface area (Å²) in [5, 5.41) is 0. The van der Waals surface area contributed by atoms with E-state index < -0.39 is 0 Å². The Labute approximate surface area is 102 Å². The fraction of sp³-hybridized carbons (Fsp3) is 0.462. The first kappa shape index (κ1) is 13.4. The van der Waals surface area contributed by atoms with Crippen molar-refractivity contribution in [2.45, 2.75) is 20.8 Å². The first-order chi connectivity index (χ1) is 8.13. The minimum Gasteiger partial charge on any atom is -0.493 e. The zero-order valence-electron chi connectivity index (χ0n) is 10.7. The van der Waals surface area contributed by atoms with Crippen molar-refractivity contribution in [3.63, 3.8) is 0 Å². The molecule has 1 aromatic rings. The number of hydrogen-bond acceptors (Lipinski definition) is 3. The van der Waals surface area contributed by atoms with Crippen molar-refractivity contribution in [1.82, 2.24) is 4.90 Å². The van der Waals surface area contributed by atoms with Crippen molar-refractivity contribution >= 4 is 11.6 Å². The first-order valence-electron chi connectivity index (χ1n) is 5.95. The molecule has 0 heterocycles. The maximum absolute atomic E-state index is 12.2. The lowest BCUT2D eigenvalue weighted by atomic mass is 10.1. The number of carbonyl (C=O) groups is 1. The molecule has 0 aliphatic heterocycles. The molecule has 1 rings (SSSR count). The number of nitrogens with two attached hydrogens (primary N) is 1. The molecule has 4 nitrogen and oxygen atoms in total. The number of ether oxygens (including phenoxy) is 1. The van der Waals surface area contributed by atoms with Crippen LogP contribution in [0.4, 0.5) is 5.69 Å². The normalized spacial score (nSPS) is 10.1. The van der Waals surface area contributed by atoms with E-state index in [-0.39, 0.29) is 5.91 Å². The summed E-state index contributed by atoms with van der Waals surface area (Å²) < 4.78 is 5.45. The minimum atomic E-state index is -0.0363. The third-order valence-corrected chi connectivity index (χ3v) is 2.58. The highest BCUT2D eigenvalue weighted by atomic mass is 16.5. The monoisotopic (exact) mass is 236 g/mol. The molecule has 17 heavy (non-hydrogen) atoms. The van der Waals surface area contributed by atoms with Gasteiger partial charge in [0.15, 0.2) is 0 Å². The number of rotatable bonds is 5. The van der Waals surface area contributed by atoms with E-state index in [0.29, 0.717) is 36.7 Å². The molecule has 0 saturated heterocycles. The van der Waals surface area contributed by atoms with E-state index in [9.17, 15) is 4.79 Å². The highest BCUT2D eigenvalue weighted by molar-refractivity contribution is 5.97. The van der Waals surface area contributed by atoms with E-state index in [2.05, 4.69) is 0 Å². The Bertz CT molecular complexity index is 387. The molecule has 2 N–H and O–H groups in total. The summed E-state index contributed by atoms with van der Waals surface area (Å²) >= 11 is 0. The summed E-state index contributed by atoms with van der Waals surface area (Å²) in [5.41, 5.74) is 6.83. The van der Waals surface area contributed by atoms with Gasteiger partial charge in [-0.3, -0.25) is 4.79 Å². The standard InChI is InChI=1S/C13H20N2O2/c1-4-15(5-2)13(16)11-9-10(14)7-8-12(11)17-6-3/h7-9H,4-6,14H2,1-3H3. The van der Waals surface area contributed by atoms with Crippen LogP contribution in [0.2, 0.25) is 0 Å². The van der Waals surface area contributed by atoms with Gasteiger partial charge in [0.25, 0.3) is 5.91 Å². The number of anilines is 1. The molecule has 0 aliphatic carbocycles. The van der Waals surface area contributed by atoms with Crippen molar-refractivity contribution in [2.24, 2.45) is 0 Å². The summed E-state index contributed by atoms with van der Waals surface area (Å²) in [4.78, 5) is 14.0. The van der Waals surface area contributed by atoms with Crippen molar-refractivity contribution in [3.05, 3.63) is 23.8 Å². The molecule has 0 unspecified atom stereocenters. The lowest BCUT2D eigenvalue weighted by Crippen LogP contribution is -2.30. The third kappa shape index (κ3) is 3.12. The molecule has 0 bridgehead atoms. The molecule has 4 heteroatoms. The van der Waals surface area contributed by atoms with Crippen LogP contribution < -0.4 is 10.5 Å². The van der Waals surface area contributed by atoms with Crippen LogP contribution in [0.1, 0.15) is 31.1 Å². The highest BCUT2D eigenvalue weighted by Gasteiger charge is 2.17. The van der Waals surface area contributed by atoms with E-state index in [1.54, 1.807) is 23.1 Å². The molecule has 1 amide bonds. The van der Waals surface area contributed by atoms with E-state index >= 15 is 0 Å². The Hall–Kier alpha value is -1.71. The Morgan fingerprint density at radius 2 is 1.94 bits per heavy atom. The SMILES string of the molecule is CCOc1ccc(N)cc1C(=O)N(CC)CC. The Morgan fingerprint density at radius 3 is 2.47 bits per heavy atom. The molecular weight excluding hydrogens is 216 g/mol. The molecule has 0 atom stereocenters. The zero-order valence-corrected chi connectivity index (χ0v) is 10.7. The second-order valence-corrected chi connectivity index (χ2v) is 3.67. The fourth-order valence-electron chi connectivity index (χ4n) is 1.68. The van der Waals surface area contributed by atoms with Crippen LogP contribution in [0.15, 0.2) is 18.2 Å². The van der Waals surface area contributed by atoms with Crippen LogP contribution in [-0.4, -0.2) is 30.5 Å². The highest BCUT2D eigenvalue weighted by Crippen LogP contribution is 2.23. The molecular formula is C13H20N2O2. The lowest BCUT2D eigenvalue weighted by molar-refractivity contribution is 0.0769. The first-order valence-corrected chi connectivity index (χ1v) is 5.95. The van der Waals surface area contributed by atoms with Gasteiger partial charge in [0.2, 0.25) is 0 Å². The number of carbonyl (C=O) groups excluding carboxylic acids is 1. The van der Waals surface area contributed by atoms with Crippen molar-refractivity contribution < 1.29 is 9.53 Å². The Kier molecular flexibility index (Phi) is 4.82. The van der Waals surface area contributed by atoms with E-state index in [1.807, 2.05) is 20.8 Å². The number of amides is 1. The van der Waals surface area contributed by atoms with E-state index in [0.717, 1.165) is 0 Å². The smallest absolute Gasteiger partial charge is 0.257 e. The average molecular weight is 236 g/mol. The van der Waals surface area contributed by atoms with Gasteiger partial charge < -0.3 is 15.4 Å². The van der Waals surface area contributed by atoms with Gasteiger partial charge in [-0.05, 0) is 39.0 Å². The third-order valence-electron chi connectivity index (χ3n) is 2.58. The van der Waals surface area contributed by atoms with Gasteiger partial charge in [0.1, 0.15) is 5.75 Å². The molecule has 0 radical (unpaired) electrons. The fourth-order valence-corrected chi connectivity index (χ4v) is 1.68. The van der Waals surface area contributed by atoms with Gasteiger partial charge in [0, 0.05) is 18.8 Å². The maximum Gasteiger partial charge on any atom is 0.257 e. The van der Waals surface area contributed by atoms with E-state index in [1.165, 1.54) is 0 Å². The van der Waals surface area contributed by atoms with Gasteiger partial charge in [-0.1, -0.05) is 0 Å². The molecule has 0 aliphatic rings. The predicted molar refractivity (Wildman–Crippen MR) is 69.3 cm³/mol. The second kappa shape index (κ2) is 6.13. The number of nitrogens with zero attached hydrogens (tertiary/aromatic N) is 1. The van der Waals surface area contributed by atoms with Gasteiger partial charge in [-0.15, -0.1) is 0 Å². The number of nitrogen functional groups attached to an aromatic ring is 1. The molecule has 94 valence electrons. The van der Waals surface area contributed by atoms with Crippen LogP contribution in [0.5, 0.6) is 5.75 Å². The Balaban J connectivity index is 3.09. The van der Waals surface area contributed by atoms with Gasteiger partial charge in [-0.2, -0.15) is 0 Å². The van der Waals surface area contributed by atoms with Crippen LogP contribution in [0.3, 0.4) is 0 Å². The predicted octanol–water partition coefficient (Wildman–Crippen LogP) is 2.15.